The molecule has 0 radical (unpaired) electrons. The van der Waals surface area contributed by atoms with Crippen LogP contribution in [0.5, 0.6) is 0 Å². The van der Waals surface area contributed by atoms with Crippen LogP contribution in [0.3, 0.4) is 0 Å². The molecule has 0 unspecified atom stereocenters. The maximum Gasteiger partial charge on any atom is 0.345 e. The number of rotatable bonds is 10. The van der Waals surface area contributed by atoms with Crippen LogP contribution in [-0.2, 0) is 11.3 Å². The fraction of sp³-hybridized carbons (Fsp3) is 0.435. The van der Waals surface area contributed by atoms with Crippen molar-refractivity contribution in [2.24, 2.45) is 0 Å². The lowest BCUT2D eigenvalue weighted by Crippen LogP contribution is -2.37. The lowest BCUT2D eigenvalue weighted by molar-refractivity contribution is 0.0702. The monoisotopic (exact) mass is 433 g/mol. The number of nitrogens with zero attached hydrogens (tertiary/aromatic N) is 1. The van der Waals surface area contributed by atoms with Crippen molar-refractivity contribution in [3.8, 4) is 0 Å². The summed E-state index contributed by atoms with van der Waals surface area (Å²) in [5.74, 6) is -0.896. The molecular weight excluding hydrogens is 406 g/mol. The molecule has 1 N–H and O–H groups in total. The fourth-order valence-electron chi connectivity index (χ4n) is 3.50. The Morgan fingerprint density at radius 2 is 2.10 bits per heavy atom. The smallest absolute Gasteiger partial charge is 0.345 e. The van der Waals surface area contributed by atoms with Crippen molar-refractivity contribution in [2.75, 3.05) is 18.1 Å². The maximum absolute atomic E-state index is 11.0. The number of thiophene rings is 1. The maximum atomic E-state index is 11.0. The summed E-state index contributed by atoms with van der Waals surface area (Å²) >= 11 is 7.83. The van der Waals surface area contributed by atoms with Gasteiger partial charge in [0.2, 0.25) is 0 Å². The molecule has 1 aromatic heterocycles. The molecule has 156 valence electrons. The second kappa shape index (κ2) is 10.8. The summed E-state index contributed by atoms with van der Waals surface area (Å²) in [5, 5.41) is 9.07. The molecule has 1 saturated heterocycles. The van der Waals surface area contributed by atoms with Crippen LogP contribution in [-0.4, -0.2) is 35.6 Å². The van der Waals surface area contributed by atoms with E-state index in [1.807, 2.05) is 6.07 Å². The van der Waals surface area contributed by atoms with E-state index in [-0.39, 0.29) is 11.4 Å². The van der Waals surface area contributed by atoms with Crippen molar-refractivity contribution >= 4 is 40.7 Å². The van der Waals surface area contributed by atoms with E-state index in [0.29, 0.717) is 18.1 Å². The molecule has 0 bridgehead atoms. The highest BCUT2D eigenvalue weighted by atomic mass is 35.5. The number of unbranched alkanes of at least 4 members (excludes halogenated alkanes) is 2. The second-order valence-electron chi connectivity index (χ2n) is 7.29. The summed E-state index contributed by atoms with van der Waals surface area (Å²) in [4.78, 5) is 14.6. The van der Waals surface area contributed by atoms with Gasteiger partial charge in [-0.25, -0.2) is 4.79 Å². The Labute approximate surface area is 181 Å². The van der Waals surface area contributed by atoms with Crippen molar-refractivity contribution in [3.63, 3.8) is 0 Å². The van der Waals surface area contributed by atoms with Crippen LogP contribution in [0.25, 0.3) is 6.08 Å². The number of carboxylic acid groups (broad SMARTS) is 1. The fourth-order valence-corrected chi connectivity index (χ4v) is 4.59. The Morgan fingerprint density at radius 3 is 2.79 bits per heavy atom. The molecule has 2 atom stereocenters. The standard InChI is InChI=1S/C23H28ClNO3S/c1-2-3-4-5-6-17-7-9-18(10-8-17)25-14-13-20(24)21(25)16-28-15-19-11-12-22(29-19)23(26)27/h5-12,20-21H,2-4,13-16H2,1H3,(H,26,27)/t20-,21+/m1/s1. The lowest BCUT2D eigenvalue weighted by atomic mass is 10.1. The van der Waals surface area contributed by atoms with E-state index in [2.05, 4.69) is 48.2 Å². The number of allylic oxidation sites excluding steroid dienone is 1. The van der Waals surface area contributed by atoms with Gasteiger partial charge in [-0.15, -0.1) is 22.9 Å². The zero-order valence-corrected chi connectivity index (χ0v) is 18.3. The molecule has 3 rings (SSSR count). The third kappa shape index (κ3) is 6.08. The highest BCUT2D eigenvalue weighted by Crippen LogP contribution is 2.30. The number of ether oxygens (including phenoxy) is 1. The number of halogens is 1. The summed E-state index contributed by atoms with van der Waals surface area (Å²) in [5.41, 5.74) is 2.38. The predicted molar refractivity (Wildman–Crippen MR) is 121 cm³/mol. The molecule has 1 fully saturated rings. The van der Waals surface area contributed by atoms with Gasteiger partial charge in [0.15, 0.2) is 0 Å². The normalized spacial score (nSPS) is 19.3. The van der Waals surface area contributed by atoms with E-state index < -0.39 is 5.97 Å². The van der Waals surface area contributed by atoms with Crippen molar-refractivity contribution in [1.82, 2.24) is 0 Å². The van der Waals surface area contributed by atoms with Gasteiger partial charge in [-0.2, -0.15) is 0 Å². The van der Waals surface area contributed by atoms with Crippen LogP contribution in [0.4, 0.5) is 5.69 Å². The molecule has 0 amide bonds. The molecule has 29 heavy (non-hydrogen) atoms. The summed E-state index contributed by atoms with van der Waals surface area (Å²) < 4.78 is 5.90. The Balaban J connectivity index is 1.55. The third-order valence-electron chi connectivity index (χ3n) is 5.13. The van der Waals surface area contributed by atoms with Gasteiger partial charge < -0.3 is 14.7 Å². The largest absolute Gasteiger partial charge is 0.477 e. The molecule has 0 saturated carbocycles. The van der Waals surface area contributed by atoms with Crippen LogP contribution >= 0.6 is 22.9 Å². The summed E-state index contributed by atoms with van der Waals surface area (Å²) in [7, 11) is 0. The molecule has 4 nitrogen and oxygen atoms in total. The highest BCUT2D eigenvalue weighted by molar-refractivity contribution is 7.13. The zero-order chi connectivity index (χ0) is 20.6. The number of anilines is 1. The number of alkyl halides is 1. The summed E-state index contributed by atoms with van der Waals surface area (Å²) in [6.45, 7) is 4.05. The Kier molecular flexibility index (Phi) is 8.16. The topological polar surface area (TPSA) is 49.8 Å². The quantitative estimate of drug-likeness (QED) is 0.366. The first kappa shape index (κ1) is 21.9. The van der Waals surface area contributed by atoms with E-state index >= 15 is 0 Å². The molecule has 1 aliphatic rings. The molecule has 0 aliphatic carbocycles. The van der Waals surface area contributed by atoms with Crippen LogP contribution in [0, 0.1) is 0 Å². The SMILES string of the molecule is CCCCC=Cc1ccc(N2CC[C@@H](Cl)[C@@H]2COCc2ccc(C(=O)O)s2)cc1. The van der Waals surface area contributed by atoms with Crippen LogP contribution in [0.15, 0.2) is 42.5 Å². The van der Waals surface area contributed by atoms with Gasteiger partial charge in [0.05, 0.1) is 24.6 Å². The Hall–Kier alpha value is -1.82. The van der Waals surface area contributed by atoms with E-state index in [4.69, 9.17) is 21.4 Å². The Bertz CT molecular complexity index is 818. The molecule has 2 aromatic rings. The first-order valence-electron chi connectivity index (χ1n) is 10.2. The number of carbonyl (C=O) groups is 1. The zero-order valence-electron chi connectivity index (χ0n) is 16.7. The van der Waals surface area contributed by atoms with E-state index in [1.165, 1.54) is 29.7 Å². The molecule has 1 aliphatic heterocycles. The van der Waals surface area contributed by atoms with Crippen molar-refractivity contribution in [1.29, 1.82) is 0 Å². The average molecular weight is 434 g/mol. The first-order chi connectivity index (χ1) is 14.1. The molecule has 6 heteroatoms. The predicted octanol–water partition coefficient (Wildman–Crippen LogP) is 6.05. The number of hydrogen-bond acceptors (Lipinski definition) is 4. The van der Waals surface area contributed by atoms with Gasteiger partial charge in [0.1, 0.15) is 4.88 Å². The van der Waals surface area contributed by atoms with Crippen molar-refractivity contribution in [2.45, 2.75) is 50.6 Å². The van der Waals surface area contributed by atoms with Crippen molar-refractivity contribution in [3.05, 3.63) is 57.8 Å². The average Bonchev–Trinajstić information content (AvgIpc) is 3.33. The number of hydrogen-bond donors (Lipinski definition) is 1. The molecule has 2 heterocycles. The highest BCUT2D eigenvalue weighted by Gasteiger charge is 2.33. The Morgan fingerprint density at radius 1 is 1.31 bits per heavy atom. The molecular formula is C23H28ClNO3S. The third-order valence-corrected chi connectivity index (χ3v) is 6.68. The first-order valence-corrected chi connectivity index (χ1v) is 11.4. The van der Waals surface area contributed by atoms with Gasteiger partial charge in [-0.1, -0.05) is 44.1 Å². The number of benzene rings is 1. The van der Waals surface area contributed by atoms with Crippen molar-refractivity contribution < 1.29 is 14.6 Å². The van der Waals surface area contributed by atoms with E-state index in [0.717, 1.165) is 30.0 Å². The number of aromatic carboxylic acids is 1. The van der Waals surface area contributed by atoms with Crippen LogP contribution in [0.2, 0.25) is 0 Å². The minimum Gasteiger partial charge on any atom is -0.477 e. The van der Waals surface area contributed by atoms with Gasteiger partial charge in [-0.3, -0.25) is 0 Å². The van der Waals surface area contributed by atoms with E-state index in [9.17, 15) is 4.79 Å². The van der Waals surface area contributed by atoms with Gasteiger partial charge in [0.25, 0.3) is 0 Å². The number of carboxylic acids is 1. The van der Waals surface area contributed by atoms with Gasteiger partial charge in [-0.05, 0) is 42.7 Å². The minimum absolute atomic E-state index is 0.0431. The minimum atomic E-state index is -0.896. The van der Waals surface area contributed by atoms with E-state index in [1.54, 1.807) is 6.07 Å². The summed E-state index contributed by atoms with van der Waals surface area (Å²) in [6.07, 6.45) is 8.91. The van der Waals surface area contributed by atoms with Gasteiger partial charge in [0, 0.05) is 17.1 Å². The molecule has 0 spiro atoms. The van der Waals surface area contributed by atoms with Crippen LogP contribution < -0.4 is 4.90 Å². The summed E-state index contributed by atoms with van der Waals surface area (Å²) in [6, 6.07) is 12.1. The molecule has 1 aromatic carbocycles. The second-order valence-corrected chi connectivity index (χ2v) is 9.02. The van der Waals surface area contributed by atoms with Crippen LogP contribution in [0.1, 0.15) is 52.7 Å². The lowest BCUT2D eigenvalue weighted by Gasteiger charge is -2.28. The van der Waals surface area contributed by atoms with Gasteiger partial charge >= 0.3 is 5.97 Å².